The van der Waals surface area contributed by atoms with Crippen LogP contribution in [0.3, 0.4) is 0 Å². The fourth-order valence-electron chi connectivity index (χ4n) is 1.76. The molecule has 1 heterocycles. The lowest BCUT2D eigenvalue weighted by atomic mass is 10.0. The van der Waals surface area contributed by atoms with Crippen LogP contribution >= 0.6 is 0 Å². The molecule has 13 heavy (non-hydrogen) atoms. The first-order valence-electron chi connectivity index (χ1n) is 5.35. The molecule has 1 rings (SSSR count). The summed E-state index contributed by atoms with van der Waals surface area (Å²) < 4.78 is 0. The molecule has 0 saturated carbocycles. The van der Waals surface area contributed by atoms with Crippen LogP contribution in [0, 0.1) is 0 Å². The fraction of sp³-hybridized carbons (Fsp3) is 0.667. The molecule has 0 aromatic carbocycles. The van der Waals surface area contributed by atoms with Crippen molar-refractivity contribution in [2.24, 2.45) is 0 Å². The molecule has 0 fully saturated rings. The molecule has 0 aromatic rings. The number of hydrogen-bond donors (Lipinski definition) is 0. The Morgan fingerprint density at radius 1 is 1.38 bits per heavy atom. The van der Waals surface area contributed by atoms with Gasteiger partial charge in [0.05, 0.1) is 0 Å². The van der Waals surface area contributed by atoms with Gasteiger partial charge in [0, 0.05) is 13.1 Å². The zero-order chi connectivity index (χ0) is 9.68. The maximum atomic E-state index is 2.50. The molecule has 0 amide bonds. The van der Waals surface area contributed by atoms with Gasteiger partial charge in [-0.2, -0.15) is 0 Å². The maximum absolute atomic E-state index is 2.50. The highest BCUT2D eigenvalue weighted by molar-refractivity contribution is 5.27. The zero-order valence-corrected chi connectivity index (χ0v) is 9.14. The van der Waals surface area contributed by atoms with Crippen molar-refractivity contribution < 1.29 is 0 Å². The summed E-state index contributed by atoms with van der Waals surface area (Å²) in [5.74, 6) is 0. The molecule has 0 bridgehead atoms. The summed E-state index contributed by atoms with van der Waals surface area (Å²) in [6, 6.07) is 0. The third-order valence-corrected chi connectivity index (χ3v) is 2.71. The molecule has 0 atom stereocenters. The topological polar surface area (TPSA) is 3.24 Å². The fourth-order valence-corrected chi connectivity index (χ4v) is 1.76. The molecular formula is C12H21N. The molecule has 1 aliphatic heterocycles. The van der Waals surface area contributed by atoms with Crippen LogP contribution in [-0.4, -0.2) is 24.5 Å². The van der Waals surface area contributed by atoms with Crippen LogP contribution < -0.4 is 0 Å². The van der Waals surface area contributed by atoms with Crippen LogP contribution in [0.4, 0.5) is 0 Å². The molecule has 0 radical (unpaired) electrons. The smallest absolute Gasteiger partial charge is 0.0195 e. The highest BCUT2D eigenvalue weighted by Gasteiger charge is 2.12. The van der Waals surface area contributed by atoms with Gasteiger partial charge in [-0.25, -0.2) is 0 Å². The number of hydrogen-bond acceptors (Lipinski definition) is 1. The van der Waals surface area contributed by atoms with Crippen molar-refractivity contribution in [3.63, 3.8) is 0 Å². The summed E-state index contributed by atoms with van der Waals surface area (Å²) in [6.07, 6.45) is 6.95. The van der Waals surface area contributed by atoms with Gasteiger partial charge in [-0.3, -0.25) is 4.90 Å². The highest BCUT2D eigenvalue weighted by Crippen LogP contribution is 2.18. The van der Waals surface area contributed by atoms with E-state index < -0.39 is 0 Å². The van der Waals surface area contributed by atoms with Gasteiger partial charge < -0.3 is 0 Å². The van der Waals surface area contributed by atoms with Crippen LogP contribution in [0.15, 0.2) is 23.3 Å². The van der Waals surface area contributed by atoms with Crippen molar-refractivity contribution in [2.45, 2.75) is 33.6 Å². The third-order valence-electron chi connectivity index (χ3n) is 2.71. The van der Waals surface area contributed by atoms with Gasteiger partial charge >= 0.3 is 0 Å². The molecule has 1 aliphatic rings. The second-order valence-corrected chi connectivity index (χ2v) is 3.73. The minimum absolute atomic E-state index is 1.15. The van der Waals surface area contributed by atoms with Gasteiger partial charge in [-0.1, -0.05) is 31.6 Å². The van der Waals surface area contributed by atoms with E-state index in [1.807, 2.05) is 0 Å². The van der Waals surface area contributed by atoms with Crippen LogP contribution in [0.2, 0.25) is 0 Å². The average Bonchev–Trinajstić information content (AvgIpc) is 2.16. The summed E-state index contributed by atoms with van der Waals surface area (Å²) in [4.78, 5) is 2.50. The van der Waals surface area contributed by atoms with E-state index in [4.69, 9.17) is 0 Å². The largest absolute Gasteiger partial charge is 0.299 e. The predicted molar refractivity (Wildman–Crippen MR) is 58.9 cm³/mol. The molecule has 0 aliphatic carbocycles. The van der Waals surface area contributed by atoms with Gasteiger partial charge in [-0.15, -0.1) is 0 Å². The minimum atomic E-state index is 1.15. The van der Waals surface area contributed by atoms with Crippen LogP contribution in [0.1, 0.15) is 33.6 Å². The SMILES string of the molecule is CC/C=C\C1=C(C)CN(CC)CC1. The Kier molecular flexibility index (Phi) is 4.23. The maximum Gasteiger partial charge on any atom is 0.0195 e. The van der Waals surface area contributed by atoms with Gasteiger partial charge in [0.15, 0.2) is 0 Å². The molecular weight excluding hydrogens is 158 g/mol. The third kappa shape index (κ3) is 3.00. The first kappa shape index (κ1) is 10.5. The first-order valence-corrected chi connectivity index (χ1v) is 5.35. The normalized spacial score (nSPS) is 20.2. The van der Waals surface area contributed by atoms with Crippen LogP contribution in [-0.2, 0) is 0 Å². The molecule has 0 N–H and O–H groups in total. The monoisotopic (exact) mass is 179 g/mol. The Balaban J connectivity index is 2.59. The van der Waals surface area contributed by atoms with Gasteiger partial charge in [0.25, 0.3) is 0 Å². The van der Waals surface area contributed by atoms with E-state index in [2.05, 4.69) is 37.8 Å². The van der Waals surface area contributed by atoms with Gasteiger partial charge in [0.1, 0.15) is 0 Å². The Labute approximate surface area is 82.1 Å². The minimum Gasteiger partial charge on any atom is -0.299 e. The molecule has 0 spiro atoms. The summed E-state index contributed by atoms with van der Waals surface area (Å²) in [6.45, 7) is 10.3. The van der Waals surface area contributed by atoms with Crippen LogP contribution in [0.25, 0.3) is 0 Å². The predicted octanol–water partition coefficient (Wildman–Crippen LogP) is 2.99. The van der Waals surface area contributed by atoms with Crippen molar-refractivity contribution in [3.05, 3.63) is 23.3 Å². The van der Waals surface area contributed by atoms with E-state index in [0.717, 1.165) is 6.42 Å². The van der Waals surface area contributed by atoms with Crippen molar-refractivity contribution >= 4 is 0 Å². The van der Waals surface area contributed by atoms with Gasteiger partial charge in [-0.05, 0) is 31.9 Å². The zero-order valence-electron chi connectivity index (χ0n) is 9.14. The number of likely N-dealkylation sites (N-methyl/N-ethyl adjacent to an activating group) is 1. The number of allylic oxidation sites excluding steroid dienone is 2. The van der Waals surface area contributed by atoms with E-state index in [1.54, 1.807) is 11.1 Å². The Morgan fingerprint density at radius 2 is 2.15 bits per heavy atom. The highest BCUT2D eigenvalue weighted by atomic mass is 15.1. The molecule has 1 nitrogen and oxygen atoms in total. The molecule has 74 valence electrons. The molecule has 0 aromatic heterocycles. The Morgan fingerprint density at radius 3 is 2.69 bits per heavy atom. The average molecular weight is 179 g/mol. The van der Waals surface area contributed by atoms with Crippen molar-refractivity contribution in [1.82, 2.24) is 4.90 Å². The van der Waals surface area contributed by atoms with Crippen molar-refractivity contribution in [1.29, 1.82) is 0 Å². The number of rotatable bonds is 3. The summed E-state index contributed by atoms with van der Waals surface area (Å²) in [7, 11) is 0. The van der Waals surface area contributed by atoms with E-state index in [-0.39, 0.29) is 0 Å². The molecule has 0 saturated heterocycles. The standard InChI is InChI=1S/C12H21N/c1-4-6-7-12-8-9-13(5-2)10-11(12)3/h6-7H,4-5,8-10H2,1-3H3/b7-6-. The van der Waals surface area contributed by atoms with E-state index in [1.165, 1.54) is 26.1 Å². The molecule has 0 unspecified atom stereocenters. The van der Waals surface area contributed by atoms with Gasteiger partial charge in [0.2, 0.25) is 0 Å². The van der Waals surface area contributed by atoms with E-state index in [0.29, 0.717) is 0 Å². The number of nitrogens with zero attached hydrogens (tertiary/aromatic N) is 1. The summed E-state index contributed by atoms with van der Waals surface area (Å²) in [5, 5.41) is 0. The summed E-state index contributed by atoms with van der Waals surface area (Å²) >= 11 is 0. The van der Waals surface area contributed by atoms with Crippen LogP contribution in [0.5, 0.6) is 0 Å². The lowest BCUT2D eigenvalue weighted by molar-refractivity contribution is 0.302. The second-order valence-electron chi connectivity index (χ2n) is 3.73. The van der Waals surface area contributed by atoms with Crippen molar-refractivity contribution in [2.75, 3.05) is 19.6 Å². The quantitative estimate of drug-likeness (QED) is 0.643. The van der Waals surface area contributed by atoms with Crippen molar-refractivity contribution in [3.8, 4) is 0 Å². The van der Waals surface area contributed by atoms with E-state index in [9.17, 15) is 0 Å². The summed E-state index contributed by atoms with van der Waals surface area (Å²) in [5.41, 5.74) is 3.12. The van der Waals surface area contributed by atoms with E-state index >= 15 is 0 Å². The second kappa shape index (κ2) is 5.23. The Bertz CT molecular complexity index is 213. The lowest BCUT2D eigenvalue weighted by Gasteiger charge is -2.27. The Hall–Kier alpha value is -0.560. The first-order chi connectivity index (χ1) is 6.27. The lowest BCUT2D eigenvalue weighted by Crippen LogP contribution is -2.30. The molecule has 1 heteroatoms.